The molecule has 4 heteroatoms. The van der Waals surface area contributed by atoms with Gasteiger partial charge in [-0.2, -0.15) is 4.99 Å². The van der Waals surface area contributed by atoms with Crippen molar-refractivity contribution in [1.82, 2.24) is 0 Å². The summed E-state index contributed by atoms with van der Waals surface area (Å²) >= 11 is 4.34. The van der Waals surface area contributed by atoms with Crippen LogP contribution in [-0.2, 0) is 9.53 Å². The van der Waals surface area contributed by atoms with E-state index in [1.165, 1.54) is 0 Å². The average molecular weight is 199 g/mol. The van der Waals surface area contributed by atoms with Gasteiger partial charge in [-0.3, -0.25) is 4.79 Å². The van der Waals surface area contributed by atoms with Crippen LogP contribution in [0.1, 0.15) is 26.2 Å². The molecule has 0 aromatic heterocycles. The summed E-state index contributed by atoms with van der Waals surface area (Å²) in [5.74, 6) is 0.283. The molecular weight excluding hydrogens is 186 g/mol. The van der Waals surface area contributed by atoms with E-state index in [0.717, 1.165) is 19.4 Å². The van der Waals surface area contributed by atoms with E-state index in [-0.39, 0.29) is 5.91 Å². The van der Waals surface area contributed by atoms with Gasteiger partial charge >= 0.3 is 0 Å². The number of ether oxygens (including phenoxy) is 1. The number of thiocarbonyl (C=S) groups is 1. The molecule has 0 spiro atoms. The van der Waals surface area contributed by atoms with Crippen molar-refractivity contribution in [3.8, 4) is 0 Å². The van der Waals surface area contributed by atoms with Crippen molar-refractivity contribution in [3.05, 3.63) is 0 Å². The first kappa shape index (κ1) is 10.5. The molecule has 1 amide bonds. The summed E-state index contributed by atoms with van der Waals surface area (Å²) in [7, 11) is 0. The van der Waals surface area contributed by atoms with Crippen molar-refractivity contribution in [3.63, 3.8) is 0 Å². The Hall–Kier alpha value is -0.570. The molecule has 72 valence electrons. The highest BCUT2D eigenvalue weighted by molar-refractivity contribution is 7.78. The largest absolute Gasteiger partial charge is 0.378 e. The van der Waals surface area contributed by atoms with Gasteiger partial charge in [0.15, 0.2) is 0 Å². The normalized spacial score (nSPS) is 25.9. The van der Waals surface area contributed by atoms with Crippen LogP contribution in [0.4, 0.5) is 0 Å². The third-order valence-electron chi connectivity index (χ3n) is 2.23. The van der Waals surface area contributed by atoms with Gasteiger partial charge in [-0.25, -0.2) is 0 Å². The van der Waals surface area contributed by atoms with Gasteiger partial charge in [0.2, 0.25) is 0 Å². The van der Waals surface area contributed by atoms with Crippen molar-refractivity contribution < 1.29 is 9.53 Å². The SMILES string of the molecule is CCOC1CC(CC(=O)N=C=S)C1. The lowest BCUT2D eigenvalue weighted by Crippen LogP contribution is -2.32. The average Bonchev–Trinajstić information content (AvgIpc) is 2.01. The number of aliphatic imine (C=N–C) groups is 1. The monoisotopic (exact) mass is 199 g/mol. The van der Waals surface area contributed by atoms with Crippen LogP contribution in [0, 0.1) is 5.92 Å². The summed E-state index contributed by atoms with van der Waals surface area (Å²) in [6, 6.07) is 0. The number of hydrogen-bond acceptors (Lipinski definition) is 3. The van der Waals surface area contributed by atoms with Crippen LogP contribution < -0.4 is 0 Å². The number of carbonyl (C=O) groups excluding carboxylic acids is 1. The van der Waals surface area contributed by atoms with Crippen LogP contribution in [0.25, 0.3) is 0 Å². The number of rotatable bonds is 4. The number of isothiocyanates is 1. The van der Waals surface area contributed by atoms with Crippen molar-refractivity contribution in [2.24, 2.45) is 10.9 Å². The van der Waals surface area contributed by atoms with Gasteiger partial charge in [-0.1, -0.05) is 0 Å². The van der Waals surface area contributed by atoms with E-state index in [2.05, 4.69) is 22.4 Å². The maximum absolute atomic E-state index is 11.0. The Morgan fingerprint density at radius 3 is 2.92 bits per heavy atom. The maximum atomic E-state index is 11.0. The Bertz CT molecular complexity index is 230. The minimum absolute atomic E-state index is 0.157. The summed E-state index contributed by atoms with van der Waals surface area (Å²) < 4.78 is 5.37. The van der Waals surface area contributed by atoms with Crippen molar-refractivity contribution >= 4 is 23.3 Å². The van der Waals surface area contributed by atoms with Crippen LogP contribution in [-0.4, -0.2) is 23.8 Å². The zero-order valence-corrected chi connectivity index (χ0v) is 8.47. The van der Waals surface area contributed by atoms with Gasteiger partial charge < -0.3 is 4.74 Å². The molecule has 1 saturated carbocycles. The quantitative estimate of drug-likeness (QED) is 0.512. The molecular formula is C9H13NO2S. The summed E-state index contributed by atoms with van der Waals surface area (Å²) in [5.41, 5.74) is 0. The first-order chi connectivity index (χ1) is 6.26. The number of carbonyl (C=O) groups is 1. The molecule has 3 nitrogen and oxygen atoms in total. The fraction of sp³-hybridized carbons (Fsp3) is 0.778. The zero-order chi connectivity index (χ0) is 9.68. The summed E-state index contributed by atoms with van der Waals surface area (Å²) in [4.78, 5) is 14.4. The highest BCUT2D eigenvalue weighted by atomic mass is 32.1. The van der Waals surface area contributed by atoms with Gasteiger partial charge in [-0.15, -0.1) is 0 Å². The molecule has 0 atom stereocenters. The topological polar surface area (TPSA) is 38.7 Å². The summed E-state index contributed by atoms with van der Waals surface area (Å²) in [6.45, 7) is 2.73. The molecule has 1 aliphatic carbocycles. The second-order valence-corrected chi connectivity index (χ2v) is 3.40. The van der Waals surface area contributed by atoms with E-state index in [1.807, 2.05) is 6.92 Å². The van der Waals surface area contributed by atoms with Crippen molar-refractivity contribution in [2.75, 3.05) is 6.61 Å². The third kappa shape index (κ3) is 3.35. The Morgan fingerprint density at radius 2 is 2.38 bits per heavy atom. The predicted molar refractivity (Wildman–Crippen MR) is 52.8 cm³/mol. The summed E-state index contributed by atoms with van der Waals surface area (Å²) in [5, 5.41) is 2.08. The van der Waals surface area contributed by atoms with E-state index in [4.69, 9.17) is 4.74 Å². The standard InChI is InChI=1S/C9H13NO2S/c1-2-12-8-3-7(4-8)5-9(11)10-6-13/h7-8H,2-5H2,1H3. The fourth-order valence-electron chi connectivity index (χ4n) is 1.56. The van der Waals surface area contributed by atoms with Gasteiger partial charge in [0.05, 0.1) is 11.3 Å². The van der Waals surface area contributed by atoms with Crippen molar-refractivity contribution in [2.45, 2.75) is 32.3 Å². The predicted octanol–water partition coefficient (Wildman–Crippen LogP) is 1.82. The first-order valence-electron chi connectivity index (χ1n) is 4.48. The smallest absolute Gasteiger partial charge is 0.254 e. The molecule has 0 radical (unpaired) electrons. The number of amides is 1. The molecule has 0 unspecified atom stereocenters. The van der Waals surface area contributed by atoms with E-state index in [0.29, 0.717) is 18.4 Å². The van der Waals surface area contributed by atoms with Crippen LogP contribution in [0.2, 0.25) is 0 Å². The zero-order valence-electron chi connectivity index (χ0n) is 7.66. The molecule has 1 rings (SSSR count). The molecule has 0 bridgehead atoms. The van der Waals surface area contributed by atoms with E-state index < -0.39 is 0 Å². The third-order valence-corrected chi connectivity index (χ3v) is 2.32. The van der Waals surface area contributed by atoms with Crippen LogP contribution in [0.5, 0.6) is 0 Å². The summed E-state index contributed by atoms with van der Waals surface area (Å²) in [6.07, 6.45) is 2.81. The Labute approximate surface area is 83.2 Å². The first-order valence-corrected chi connectivity index (χ1v) is 4.89. The minimum atomic E-state index is -0.157. The molecule has 13 heavy (non-hydrogen) atoms. The number of hydrogen-bond donors (Lipinski definition) is 0. The molecule has 0 saturated heterocycles. The molecule has 0 aromatic carbocycles. The second-order valence-electron chi connectivity index (χ2n) is 3.22. The Balaban J connectivity index is 2.14. The minimum Gasteiger partial charge on any atom is -0.378 e. The van der Waals surface area contributed by atoms with Crippen LogP contribution >= 0.6 is 12.2 Å². The lowest BCUT2D eigenvalue weighted by Gasteiger charge is -2.33. The van der Waals surface area contributed by atoms with Gasteiger partial charge in [-0.05, 0) is 37.9 Å². The molecule has 1 fully saturated rings. The molecule has 0 aromatic rings. The van der Waals surface area contributed by atoms with E-state index >= 15 is 0 Å². The maximum Gasteiger partial charge on any atom is 0.254 e. The highest BCUT2D eigenvalue weighted by Gasteiger charge is 2.30. The number of nitrogens with zero attached hydrogens (tertiary/aromatic N) is 1. The molecule has 0 heterocycles. The molecule has 0 aliphatic heterocycles. The molecule has 0 N–H and O–H groups in total. The van der Waals surface area contributed by atoms with Crippen molar-refractivity contribution in [1.29, 1.82) is 0 Å². The Kier molecular flexibility index (Phi) is 4.22. The Morgan fingerprint density at radius 1 is 1.69 bits per heavy atom. The van der Waals surface area contributed by atoms with Gasteiger partial charge in [0.1, 0.15) is 0 Å². The van der Waals surface area contributed by atoms with Crippen LogP contribution in [0.3, 0.4) is 0 Å². The van der Waals surface area contributed by atoms with Gasteiger partial charge in [0, 0.05) is 13.0 Å². The second kappa shape index (κ2) is 5.22. The lowest BCUT2D eigenvalue weighted by molar-refractivity contribution is -0.120. The van der Waals surface area contributed by atoms with Crippen LogP contribution in [0.15, 0.2) is 4.99 Å². The van der Waals surface area contributed by atoms with Gasteiger partial charge in [0.25, 0.3) is 5.91 Å². The van der Waals surface area contributed by atoms with E-state index in [9.17, 15) is 4.79 Å². The molecule has 1 aliphatic rings. The lowest BCUT2D eigenvalue weighted by atomic mass is 9.80. The van der Waals surface area contributed by atoms with E-state index in [1.54, 1.807) is 0 Å². The fourth-order valence-corrected chi connectivity index (χ4v) is 1.66. The highest BCUT2D eigenvalue weighted by Crippen LogP contribution is 2.32.